The van der Waals surface area contributed by atoms with E-state index in [0.29, 0.717) is 11.3 Å². The molecule has 2 heterocycles. The van der Waals surface area contributed by atoms with E-state index in [9.17, 15) is 0 Å². The van der Waals surface area contributed by atoms with Crippen LogP contribution in [0, 0.1) is 48.5 Å². The number of thioether (sulfide) groups is 1. The van der Waals surface area contributed by atoms with Crippen molar-refractivity contribution in [3.63, 3.8) is 0 Å². The number of aryl methyl sites for hydroxylation is 3. The van der Waals surface area contributed by atoms with Gasteiger partial charge in [0.1, 0.15) is 0 Å². The van der Waals surface area contributed by atoms with Crippen LogP contribution in [-0.2, 0) is 0 Å². The lowest BCUT2D eigenvalue weighted by atomic mass is 9.89. The summed E-state index contributed by atoms with van der Waals surface area (Å²) in [5.41, 5.74) is 15.2. The van der Waals surface area contributed by atoms with Crippen molar-refractivity contribution >= 4 is 40.1 Å². The van der Waals surface area contributed by atoms with Crippen LogP contribution >= 0.6 is 11.8 Å². The van der Waals surface area contributed by atoms with Crippen molar-refractivity contribution < 1.29 is 0 Å². The topological polar surface area (TPSA) is 54.8 Å². The summed E-state index contributed by atoms with van der Waals surface area (Å²) in [4.78, 5) is 21.8. The maximum atomic E-state index is 4.85. The third-order valence-corrected chi connectivity index (χ3v) is 8.19. The van der Waals surface area contributed by atoms with Gasteiger partial charge in [0, 0.05) is 28.5 Å². The van der Waals surface area contributed by atoms with Crippen molar-refractivity contribution in [2.24, 2.45) is 0 Å². The van der Waals surface area contributed by atoms with Gasteiger partial charge < -0.3 is 4.90 Å². The summed E-state index contributed by atoms with van der Waals surface area (Å²) in [6.07, 6.45) is 7.23. The van der Waals surface area contributed by atoms with Crippen LogP contribution in [0.2, 0.25) is 0 Å². The first-order valence-electron chi connectivity index (χ1n) is 12.8. The molecule has 5 aromatic rings. The van der Waals surface area contributed by atoms with Gasteiger partial charge in [-0.15, -0.1) is 11.8 Å². The molecule has 0 atom stereocenters. The van der Waals surface area contributed by atoms with Gasteiger partial charge in [-0.25, -0.2) is 19.9 Å². The van der Waals surface area contributed by atoms with Crippen molar-refractivity contribution in [3.05, 3.63) is 93.9 Å². The van der Waals surface area contributed by atoms with Crippen LogP contribution in [0.3, 0.4) is 0 Å². The molecule has 5 nitrogen and oxygen atoms in total. The largest absolute Gasteiger partial charge is 0.309 e. The van der Waals surface area contributed by atoms with Crippen LogP contribution in [0.4, 0.5) is 17.1 Å². The standard InChI is InChI=1S/C32H33N5S/c1-18-15-19(2)29(20(3)16-18)37(25-9-11-26(38-8)12-10-25)30-23(6)21(4)28(22(5)24(30)7)27-17-35-31-32(36-27)34-14-13-33-31/h9-17H,1-8H3. The molecule has 0 spiro atoms. The predicted octanol–water partition coefficient (Wildman–Crippen LogP) is 8.44. The number of hydrogen-bond acceptors (Lipinski definition) is 6. The number of nitrogens with zero attached hydrogens (tertiary/aromatic N) is 5. The van der Waals surface area contributed by atoms with E-state index in [0.717, 1.165) is 16.9 Å². The molecule has 5 rings (SSSR count). The molecule has 0 unspecified atom stereocenters. The lowest BCUT2D eigenvalue weighted by Crippen LogP contribution is -2.17. The number of benzene rings is 3. The van der Waals surface area contributed by atoms with Crippen molar-refractivity contribution in [1.82, 2.24) is 19.9 Å². The zero-order valence-electron chi connectivity index (χ0n) is 23.3. The number of fused-ring (bicyclic) bond motifs is 1. The van der Waals surface area contributed by atoms with Crippen molar-refractivity contribution in [2.75, 3.05) is 11.2 Å². The summed E-state index contributed by atoms with van der Waals surface area (Å²) < 4.78 is 0. The van der Waals surface area contributed by atoms with Crippen LogP contribution in [0.5, 0.6) is 0 Å². The van der Waals surface area contributed by atoms with E-state index >= 15 is 0 Å². The maximum absolute atomic E-state index is 4.85. The molecule has 0 N–H and O–H groups in total. The Hall–Kier alpha value is -3.77. The normalized spacial score (nSPS) is 11.3. The molecule has 0 aliphatic carbocycles. The second kappa shape index (κ2) is 10.2. The van der Waals surface area contributed by atoms with E-state index in [-0.39, 0.29) is 0 Å². The van der Waals surface area contributed by atoms with E-state index in [4.69, 9.17) is 4.98 Å². The first kappa shape index (κ1) is 25.9. The zero-order valence-corrected chi connectivity index (χ0v) is 24.2. The minimum absolute atomic E-state index is 0.557. The third kappa shape index (κ3) is 4.43. The summed E-state index contributed by atoms with van der Waals surface area (Å²) in [5, 5.41) is 0. The Balaban J connectivity index is 1.78. The van der Waals surface area contributed by atoms with E-state index in [1.165, 1.54) is 55.2 Å². The van der Waals surface area contributed by atoms with E-state index < -0.39 is 0 Å². The highest BCUT2D eigenvalue weighted by atomic mass is 32.2. The molecule has 0 aliphatic rings. The minimum Gasteiger partial charge on any atom is -0.309 e. The first-order chi connectivity index (χ1) is 18.2. The molecule has 3 aromatic carbocycles. The number of anilines is 3. The van der Waals surface area contributed by atoms with Gasteiger partial charge in [0.15, 0.2) is 11.3 Å². The molecule has 6 heteroatoms. The van der Waals surface area contributed by atoms with Crippen LogP contribution in [0.25, 0.3) is 22.6 Å². The third-order valence-electron chi connectivity index (χ3n) is 7.45. The van der Waals surface area contributed by atoms with Crippen molar-refractivity contribution in [1.29, 1.82) is 0 Å². The van der Waals surface area contributed by atoms with Gasteiger partial charge >= 0.3 is 0 Å². The smallest absolute Gasteiger partial charge is 0.198 e. The van der Waals surface area contributed by atoms with Gasteiger partial charge in [0.2, 0.25) is 0 Å². The highest BCUT2D eigenvalue weighted by molar-refractivity contribution is 7.98. The Morgan fingerprint density at radius 1 is 0.658 bits per heavy atom. The van der Waals surface area contributed by atoms with Gasteiger partial charge in [-0.3, -0.25) is 0 Å². The second-order valence-corrected chi connectivity index (χ2v) is 10.8. The molecular formula is C32H33N5S. The SMILES string of the molecule is CSc1ccc(N(c2c(C)cc(C)cc2C)c2c(C)c(C)c(-c3cnc4nccnc4n3)c(C)c2C)cc1. The fraction of sp³-hybridized carbons (Fsp3) is 0.250. The first-order valence-corrected chi connectivity index (χ1v) is 14.0. The molecule has 2 aromatic heterocycles. The Labute approximate surface area is 229 Å². The lowest BCUT2D eigenvalue weighted by molar-refractivity contribution is 1.12. The summed E-state index contributed by atoms with van der Waals surface area (Å²) in [6, 6.07) is 13.4. The predicted molar refractivity (Wildman–Crippen MR) is 160 cm³/mol. The molecule has 0 radical (unpaired) electrons. The van der Waals surface area contributed by atoms with E-state index in [2.05, 4.69) is 111 Å². The Bertz CT molecular complexity index is 1620. The molecule has 0 bridgehead atoms. The molecule has 0 fully saturated rings. The Morgan fingerprint density at radius 2 is 1.24 bits per heavy atom. The second-order valence-electron chi connectivity index (χ2n) is 9.96. The molecule has 192 valence electrons. The Kier molecular flexibility index (Phi) is 6.93. The summed E-state index contributed by atoms with van der Waals surface area (Å²) in [5.74, 6) is 0. The van der Waals surface area contributed by atoms with Crippen LogP contribution in [0.15, 0.2) is 59.9 Å². The van der Waals surface area contributed by atoms with Crippen molar-refractivity contribution in [2.45, 2.75) is 53.4 Å². The van der Waals surface area contributed by atoms with Gasteiger partial charge in [-0.1, -0.05) is 17.7 Å². The fourth-order valence-electron chi connectivity index (χ4n) is 5.52. The molecule has 0 aliphatic heterocycles. The quantitative estimate of drug-likeness (QED) is 0.217. The number of aromatic nitrogens is 4. The van der Waals surface area contributed by atoms with Crippen LogP contribution < -0.4 is 4.90 Å². The fourth-order valence-corrected chi connectivity index (χ4v) is 5.93. The average molecular weight is 520 g/mol. The number of hydrogen-bond donors (Lipinski definition) is 0. The monoisotopic (exact) mass is 519 g/mol. The Morgan fingerprint density at radius 3 is 1.82 bits per heavy atom. The summed E-state index contributed by atoms with van der Waals surface area (Å²) in [7, 11) is 0. The van der Waals surface area contributed by atoms with Gasteiger partial charge in [-0.05, 0) is 112 Å². The van der Waals surface area contributed by atoms with E-state index in [1.54, 1.807) is 24.2 Å². The highest BCUT2D eigenvalue weighted by Crippen LogP contribution is 2.46. The average Bonchev–Trinajstić information content (AvgIpc) is 2.91. The van der Waals surface area contributed by atoms with Crippen LogP contribution in [-0.4, -0.2) is 26.2 Å². The number of rotatable bonds is 5. The highest BCUT2D eigenvalue weighted by Gasteiger charge is 2.25. The molecule has 0 saturated heterocycles. The molecule has 38 heavy (non-hydrogen) atoms. The van der Waals surface area contributed by atoms with Gasteiger partial charge in [0.25, 0.3) is 0 Å². The maximum Gasteiger partial charge on any atom is 0.198 e. The van der Waals surface area contributed by atoms with Gasteiger partial charge in [0.05, 0.1) is 23.3 Å². The zero-order chi connectivity index (χ0) is 27.1. The van der Waals surface area contributed by atoms with Gasteiger partial charge in [-0.2, -0.15) is 0 Å². The summed E-state index contributed by atoms with van der Waals surface area (Å²) >= 11 is 1.76. The van der Waals surface area contributed by atoms with Crippen molar-refractivity contribution in [3.8, 4) is 11.3 Å². The minimum atomic E-state index is 0.557. The molecular weight excluding hydrogens is 486 g/mol. The molecule has 0 saturated carbocycles. The molecule has 0 amide bonds. The summed E-state index contributed by atoms with van der Waals surface area (Å²) in [6.45, 7) is 15.4. The van der Waals surface area contributed by atoms with Crippen LogP contribution in [0.1, 0.15) is 38.9 Å². The van der Waals surface area contributed by atoms with E-state index in [1.807, 2.05) is 6.20 Å². The lowest BCUT2D eigenvalue weighted by Gasteiger charge is -2.33.